The molecule has 1 aromatic rings. The van der Waals surface area contributed by atoms with E-state index in [1.165, 1.54) is 0 Å². The zero-order valence-corrected chi connectivity index (χ0v) is 8.90. The summed E-state index contributed by atoms with van der Waals surface area (Å²) < 4.78 is 53.0. The fourth-order valence-corrected chi connectivity index (χ4v) is 1.13. The van der Waals surface area contributed by atoms with Crippen molar-refractivity contribution in [3.63, 3.8) is 0 Å². The van der Waals surface area contributed by atoms with E-state index in [0.29, 0.717) is 6.07 Å². The van der Waals surface area contributed by atoms with Crippen LogP contribution in [0, 0.1) is 15.9 Å². The van der Waals surface area contributed by atoms with Crippen molar-refractivity contribution >= 4 is 11.7 Å². The third kappa shape index (κ3) is 3.79. The maximum Gasteiger partial charge on any atom is 0.422 e. The minimum absolute atomic E-state index is 0.229. The quantitative estimate of drug-likeness (QED) is 0.520. The van der Waals surface area contributed by atoms with Crippen molar-refractivity contribution in [1.29, 1.82) is 0 Å². The summed E-state index contributed by atoms with van der Waals surface area (Å²) in [6.45, 7) is -1.86. The average Bonchev–Trinajstić information content (AvgIpc) is 2.24. The number of ether oxygens (including phenoxy) is 1. The van der Waals surface area contributed by atoms with Crippen molar-refractivity contribution in [2.24, 2.45) is 0 Å². The summed E-state index contributed by atoms with van der Waals surface area (Å²) in [6.07, 6.45) is -4.77. The van der Waals surface area contributed by atoms with Crippen molar-refractivity contribution in [1.82, 2.24) is 0 Å². The van der Waals surface area contributed by atoms with Gasteiger partial charge in [0.25, 0.3) is 0 Å². The fraction of sp³-hybridized carbons (Fsp3) is 0.222. The number of nitro benzene ring substituents is 1. The molecule has 0 radical (unpaired) electrons. The Hall–Kier alpha value is -2.39. The number of nitrogens with zero attached hydrogens (tertiary/aromatic N) is 1. The average molecular weight is 283 g/mol. The molecule has 10 heteroatoms. The van der Waals surface area contributed by atoms with Crippen molar-refractivity contribution in [2.75, 3.05) is 6.61 Å². The third-order valence-corrected chi connectivity index (χ3v) is 1.87. The monoisotopic (exact) mass is 283 g/mol. The van der Waals surface area contributed by atoms with Gasteiger partial charge in [0.2, 0.25) is 0 Å². The molecule has 0 aliphatic carbocycles. The van der Waals surface area contributed by atoms with Crippen LogP contribution < -0.4 is 4.74 Å². The van der Waals surface area contributed by atoms with Crippen LogP contribution in [0.3, 0.4) is 0 Å². The maximum atomic E-state index is 13.2. The highest BCUT2D eigenvalue weighted by Crippen LogP contribution is 2.31. The first-order valence-corrected chi connectivity index (χ1v) is 4.52. The number of benzene rings is 1. The zero-order chi connectivity index (χ0) is 14.8. The first-order valence-electron chi connectivity index (χ1n) is 4.52. The number of carbonyl (C=O) groups is 1. The van der Waals surface area contributed by atoms with Gasteiger partial charge in [-0.2, -0.15) is 13.2 Å². The predicted octanol–water partition coefficient (Wildman–Crippen LogP) is 2.37. The largest absolute Gasteiger partial charge is 0.478 e. The molecule has 0 aliphatic heterocycles. The van der Waals surface area contributed by atoms with Crippen LogP contribution in [-0.2, 0) is 0 Å². The van der Waals surface area contributed by atoms with E-state index in [-0.39, 0.29) is 6.07 Å². The van der Waals surface area contributed by atoms with Crippen LogP contribution in [0.4, 0.5) is 23.2 Å². The number of hydrogen-bond acceptors (Lipinski definition) is 4. The smallest absolute Gasteiger partial charge is 0.422 e. The lowest BCUT2D eigenvalue weighted by atomic mass is 10.1. The Morgan fingerprint density at radius 1 is 1.42 bits per heavy atom. The second-order valence-corrected chi connectivity index (χ2v) is 3.27. The molecule has 0 aromatic heterocycles. The maximum absolute atomic E-state index is 13.2. The summed E-state index contributed by atoms with van der Waals surface area (Å²) in [7, 11) is 0. The van der Waals surface area contributed by atoms with Crippen molar-refractivity contribution in [3.05, 3.63) is 33.6 Å². The molecule has 1 N–H and O–H groups in total. The summed E-state index contributed by atoms with van der Waals surface area (Å²) in [5.74, 6) is -4.22. The molecule has 0 fully saturated rings. The van der Waals surface area contributed by atoms with Crippen LogP contribution in [0.5, 0.6) is 5.75 Å². The van der Waals surface area contributed by atoms with E-state index in [9.17, 15) is 32.5 Å². The predicted molar refractivity (Wildman–Crippen MR) is 51.6 cm³/mol. The third-order valence-electron chi connectivity index (χ3n) is 1.87. The van der Waals surface area contributed by atoms with Crippen LogP contribution in [0.2, 0.25) is 0 Å². The van der Waals surface area contributed by atoms with E-state index in [1.54, 1.807) is 0 Å². The normalized spacial score (nSPS) is 11.2. The summed E-state index contributed by atoms with van der Waals surface area (Å²) in [5.41, 5.74) is -2.10. The Morgan fingerprint density at radius 3 is 2.42 bits per heavy atom. The van der Waals surface area contributed by atoms with Gasteiger partial charge in [0, 0.05) is 12.1 Å². The first-order chi connectivity index (χ1) is 8.61. The second-order valence-electron chi connectivity index (χ2n) is 3.27. The van der Waals surface area contributed by atoms with Gasteiger partial charge >= 0.3 is 17.8 Å². The molecule has 104 valence electrons. The van der Waals surface area contributed by atoms with Gasteiger partial charge in [0.15, 0.2) is 12.4 Å². The van der Waals surface area contributed by atoms with Crippen LogP contribution in [-0.4, -0.2) is 28.8 Å². The fourth-order valence-electron chi connectivity index (χ4n) is 1.13. The van der Waals surface area contributed by atoms with Crippen LogP contribution in [0.15, 0.2) is 12.1 Å². The number of carboxylic acid groups (broad SMARTS) is 1. The van der Waals surface area contributed by atoms with Crippen molar-refractivity contribution in [3.8, 4) is 5.75 Å². The molecule has 19 heavy (non-hydrogen) atoms. The van der Waals surface area contributed by atoms with Crippen LogP contribution >= 0.6 is 0 Å². The highest BCUT2D eigenvalue weighted by Gasteiger charge is 2.31. The van der Waals surface area contributed by atoms with Crippen LogP contribution in [0.1, 0.15) is 10.4 Å². The molecular formula is C9H5F4NO5. The van der Waals surface area contributed by atoms with E-state index in [2.05, 4.69) is 4.74 Å². The Bertz CT molecular complexity index is 528. The minimum Gasteiger partial charge on any atom is -0.478 e. The number of hydrogen-bond donors (Lipinski definition) is 1. The van der Waals surface area contributed by atoms with E-state index >= 15 is 0 Å². The van der Waals surface area contributed by atoms with Crippen LogP contribution in [0.25, 0.3) is 0 Å². The Kier molecular flexibility index (Phi) is 3.92. The van der Waals surface area contributed by atoms with Crippen molar-refractivity contribution < 1.29 is 37.1 Å². The topological polar surface area (TPSA) is 89.7 Å². The molecule has 0 atom stereocenters. The Labute approximate surface area is 102 Å². The molecule has 0 spiro atoms. The molecule has 0 heterocycles. The lowest BCUT2D eigenvalue weighted by molar-refractivity contribution is -0.386. The number of nitro groups is 1. The van der Waals surface area contributed by atoms with E-state index in [4.69, 9.17) is 5.11 Å². The van der Waals surface area contributed by atoms with E-state index in [0.717, 1.165) is 0 Å². The lowest BCUT2D eigenvalue weighted by Gasteiger charge is -2.10. The van der Waals surface area contributed by atoms with E-state index in [1.807, 2.05) is 0 Å². The summed E-state index contributed by atoms with van der Waals surface area (Å²) in [6, 6.07) is 0.525. The molecule has 0 saturated carbocycles. The van der Waals surface area contributed by atoms with Gasteiger partial charge in [0.05, 0.1) is 4.92 Å². The van der Waals surface area contributed by atoms with Crippen molar-refractivity contribution in [2.45, 2.75) is 6.18 Å². The number of alkyl halides is 3. The highest BCUT2D eigenvalue weighted by molar-refractivity contribution is 5.89. The lowest BCUT2D eigenvalue weighted by Crippen LogP contribution is -2.20. The number of carboxylic acids is 1. The zero-order valence-electron chi connectivity index (χ0n) is 8.90. The summed E-state index contributed by atoms with van der Waals surface area (Å²) in [5, 5.41) is 19.1. The van der Waals surface area contributed by atoms with Gasteiger partial charge in [-0.15, -0.1) is 0 Å². The van der Waals surface area contributed by atoms with Gasteiger partial charge in [-0.1, -0.05) is 0 Å². The Morgan fingerprint density at radius 2 is 2.00 bits per heavy atom. The SMILES string of the molecule is O=C(O)c1cc([N+](=O)[O-])c(OCC(F)(F)F)cc1F. The number of rotatable bonds is 4. The minimum atomic E-state index is -4.77. The number of halogens is 4. The molecule has 0 unspecified atom stereocenters. The highest BCUT2D eigenvalue weighted by atomic mass is 19.4. The molecule has 0 bridgehead atoms. The molecule has 0 saturated heterocycles. The number of aromatic carboxylic acids is 1. The molecule has 0 aliphatic rings. The molecule has 1 rings (SSSR count). The molecule has 6 nitrogen and oxygen atoms in total. The second kappa shape index (κ2) is 5.08. The van der Waals surface area contributed by atoms with Gasteiger partial charge in [-0.25, -0.2) is 9.18 Å². The van der Waals surface area contributed by atoms with Gasteiger partial charge < -0.3 is 9.84 Å². The Balaban J connectivity index is 3.20. The van der Waals surface area contributed by atoms with Gasteiger partial charge in [-0.05, 0) is 0 Å². The summed E-state index contributed by atoms with van der Waals surface area (Å²) >= 11 is 0. The first kappa shape index (κ1) is 14.7. The molecule has 0 amide bonds. The molecule has 1 aromatic carbocycles. The standard InChI is InChI=1S/C9H5F4NO5/c10-5-2-7(19-3-9(11,12)13)6(14(17)18)1-4(5)8(15)16/h1-2H,3H2,(H,15,16). The molecular weight excluding hydrogens is 278 g/mol. The van der Waals surface area contributed by atoms with E-state index < -0.39 is 46.5 Å². The van der Waals surface area contributed by atoms with Gasteiger partial charge in [0.1, 0.15) is 11.4 Å². The summed E-state index contributed by atoms with van der Waals surface area (Å²) in [4.78, 5) is 19.9. The van der Waals surface area contributed by atoms with Gasteiger partial charge in [-0.3, -0.25) is 10.1 Å².